The fourth-order valence-corrected chi connectivity index (χ4v) is 9.49. The third kappa shape index (κ3) is 5.33. The Balaban J connectivity index is 1.57. The van der Waals surface area contributed by atoms with Gasteiger partial charge in [0.25, 0.3) is 8.32 Å². The Morgan fingerprint density at radius 3 is 1.83 bits per heavy atom. The summed E-state index contributed by atoms with van der Waals surface area (Å²) in [6.45, 7) is 7.18. The Bertz CT molecular complexity index is 1100. The molecule has 2 N–H and O–H groups in total. The van der Waals surface area contributed by atoms with Crippen LogP contribution in [0.3, 0.4) is 0 Å². The van der Waals surface area contributed by atoms with E-state index in [9.17, 15) is 10.2 Å². The van der Waals surface area contributed by atoms with Gasteiger partial charge in [-0.25, -0.2) is 0 Å². The molecule has 3 aromatic carbocycles. The summed E-state index contributed by atoms with van der Waals surface area (Å²) in [5, 5.41) is 23.7. The molecule has 0 amide bonds. The maximum Gasteiger partial charge on any atom is 0.261 e. The molecule has 6 heteroatoms. The molecular formula is C30H36O5Si. The van der Waals surface area contributed by atoms with E-state index < -0.39 is 26.6 Å². The van der Waals surface area contributed by atoms with E-state index in [4.69, 9.17) is 13.9 Å². The van der Waals surface area contributed by atoms with Crippen molar-refractivity contribution in [2.75, 3.05) is 13.7 Å². The number of ether oxygens (including phenoxy) is 2. The van der Waals surface area contributed by atoms with Crippen molar-refractivity contribution in [1.82, 2.24) is 0 Å². The topological polar surface area (TPSA) is 68.2 Å². The van der Waals surface area contributed by atoms with Gasteiger partial charge in [0.1, 0.15) is 24.1 Å². The molecule has 0 aromatic heterocycles. The number of aliphatic hydroxyl groups is 2. The first-order chi connectivity index (χ1) is 17.3. The lowest BCUT2D eigenvalue weighted by atomic mass is 10.1. The molecular weight excluding hydrogens is 468 g/mol. The smallest absolute Gasteiger partial charge is 0.261 e. The largest absolute Gasteiger partial charge is 0.497 e. The second-order valence-corrected chi connectivity index (χ2v) is 14.6. The van der Waals surface area contributed by atoms with Crippen LogP contribution in [-0.2, 0) is 15.8 Å². The van der Waals surface area contributed by atoms with Crippen LogP contribution < -0.4 is 15.1 Å². The van der Waals surface area contributed by atoms with Crippen LogP contribution in [0.5, 0.6) is 5.75 Å². The van der Waals surface area contributed by atoms with Crippen molar-refractivity contribution in [1.29, 1.82) is 0 Å². The van der Waals surface area contributed by atoms with Gasteiger partial charge in [-0.1, -0.05) is 93.6 Å². The monoisotopic (exact) mass is 504 g/mol. The Labute approximate surface area is 215 Å². The summed E-state index contributed by atoms with van der Waals surface area (Å²) in [6.07, 6.45) is -0.874. The minimum Gasteiger partial charge on any atom is -0.497 e. The highest BCUT2D eigenvalue weighted by molar-refractivity contribution is 6.99. The molecule has 1 unspecified atom stereocenters. The van der Waals surface area contributed by atoms with Gasteiger partial charge in [-0.3, -0.25) is 0 Å². The van der Waals surface area contributed by atoms with Gasteiger partial charge in [0, 0.05) is 0 Å². The van der Waals surface area contributed by atoms with E-state index in [1.165, 1.54) is 10.4 Å². The molecule has 0 bridgehead atoms. The van der Waals surface area contributed by atoms with E-state index in [1.807, 2.05) is 66.7 Å². The second-order valence-electron chi connectivity index (χ2n) is 10.3. The third-order valence-electron chi connectivity index (χ3n) is 6.89. The van der Waals surface area contributed by atoms with Gasteiger partial charge in [-0.2, -0.15) is 0 Å². The Hall–Kier alpha value is -2.74. The van der Waals surface area contributed by atoms with Gasteiger partial charge < -0.3 is 24.1 Å². The van der Waals surface area contributed by atoms with Gasteiger partial charge in [0.2, 0.25) is 0 Å². The van der Waals surface area contributed by atoms with E-state index in [1.54, 1.807) is 7.11 Å². The van der Waals surface area contributed by atoms with E-state index in [-0.39, 0.29) is 11.6 Å². The van der Waals surface area contributed by atoms with Crippen molar-refractivity contribution in [3.63, 3.8) is 0 Å². The molecule has 36 heavy (non-hydrogen) atoms. The van der Waals surface area contributed by atoms with Crippen LogP contribution in [0.1, 0.15) is 26.3 Å². The highest BCUT2D eigenvalue weighted by Gasteiger charge is 2.50. The summed E-state index contributed by atoms with van der Waals surface area (Å²) in [5.74, 6) is 0.776. The van der Waals surface area contributed by atoms with Crippen LogP contribution in [0.2, 0.25) is 5.04 Å². The van der Waals surface area contributed by atoms with Crippen LogP contribution in [0.15, 0.2) is 96.6 Å². The fourth-order valence-electron chi connectivity index (χ4n) is 4.95. The molecule has 1 aliphatic rings. The molecule has 5 nitrogen and oxygen atoms in total. The van der Waals surface area contributed by atoms with Crippen LogP contribution in [0, 0.1) is 0 Å². The lowest BCUT2D eigenvalue weighted by Gasteiger charge is -2.43. The Morgan fingerprint density at radius 1 is 0.778 bits per heavy atom. The maximum absolute atomic E-state index is 10.9. The molecule has 0 fully saturated rings. The quantitative estimate of drug-likeness (QED) is 0.343. The maximum atomic E-state index is 10.9. The first-order valence-electron chi connectivity index (χ1n) is 12.3. The number of hydrogen-bond acceptors (Lipinski definition) is 5. The molecule has 190 valence electrons. The predicted octanol–water partition coefficient (Wildman–Crippen LogP) is 3.82. The molecule has 1 aliphatic carbocycles. The van der Waals surface area contributed by atoms with E-state index in [2.05, 4.69) is 45.0 Å². The first-order valence-corrected chi connectivity index (χ1v) is 14.2. The van der Waals surface area contributed by atoms with E-state index >= 15 is 0 Å². The predicted molar refractivity (Wildman–Crippen MR) is 145 cm³/mol. The standard InChI is InChI=1S/C30H36O5Si/c1-30(2,3)36(25-11-7-5-8-12-25,26-13-9-6-10-14-26)35-21-23-19-27(29(32)28(23)31)34-20-22-15-17-24(33-4)18-16-22/h5-19,27-29,31-32H,20-21H2,1-4H3/t27-,28+,29?/m1/s1. The zero-order valence-electron chi connectivity index (χ0n) is 21.4. The van der Waals surface area contributed by atoms with Crippen molar-refractivity contribution in [2.45, 2.75) is 50.7 Å². The van der Waals surface area contributed by atoms with Crippen LogP contribution >= 0.6 is 0 Å². The molecule has 0 saturated heterocycles. The van der Waals surface area contributed by atoms with Crippen molar-refractivity contribution < 1.29 is 24.1 Å². The molecule has 0 aliphatic heterocycles. The Morgan fingerprint density at radius 2 is 1.33 bits per heavy atom. The second kappa shape index (κ2) is 11.1. The van der Waals surface area contributed by atoms with Gasteiger partial charge >= 0.3 is 0 Å². The highest BCUT2D eigenvalue weighted by Crippen LogP contribution is 2.37. The van der Waals surface area contributed by atoms with Gasteiger partial charge in [0.05, 0.1) is 20.3 Å². The summed E-state index contributed by atoms with van der Waals surface area (Å²) >= 11 is 0. The minimum absolute atomic E-state index is 0.178. The summed E-state index contributed by atoms with van der Waals surface area (Å²) in [4.78, 5) is 0. The fraction of sp³-hybridized carbons (Fsp3) is 0.333. The lowest BCUT2D eigenvalue weighted by Crippen LogP contribution is -2.66. The molecule has 0 spiro atoms. The number of rotatable bonds is 9. The number of hydrogen-bond donors (Lipinski definition) is 2. The van der Waals surface area contributed by atoms with Crippen molar-refractivity contribution in [2.24, 2.45) is 0 Å². The molecule has 0 saturated carbocycles. The van der Waals surface area contributed by atoms with Crippen molar-refractivity contribution >= 4 is 18.7 Å². The summed E-state index contributed by atoms with van der Waals surface area (Å²) in [6, 6.07) is 28.4. The highest BCUT2D eigenvalue weighted by atomic mass is 28.4. The summed E-state index contributed by atoms with van der Waals surface area (Å²) < 4.78 is 18.1. The molecule has 3 aromatic rings. The lowest BCUT2D eigenvalue weighted by molar-refractivity contribution is -0.0518. The SMILES string of the molecule is COc1ccc(CO[C@@H]2C=C(CO[Si](c3ccccc3)(c3ccccc3)C(C)(C)C)[C@H](O)C2O)cc1. The average Bonchev–Trinajstić information content (AvgIpc) is 3.16. The van der Waals surface area contributed by atoms with Gasteiger partial charge in [-0.15, -0.1) is 0 Å². The molecule has 0 heterocycles. The summed E-state index contributed by atoms with van der Waals surface area (Å²) in [7, 11) is -1.13. The van der Waals surface area contributed by atoms with Crippen molar-refractivity contribution in [3.8, 4) is 5.75 Å². The zero-order valence-corrected chi connectivity index (χ0v) is 22.4. The molecule has 0 radical (unpaired) electrons. The number of benzene rings is 3. The van der Waals surface area contributed by atoms with E-state index in [0.29, 0.717) is 12.2 Å². The average molecular weight is 505 g/mol. The molecule has 4 rings (SSSR count). The van der Waals surface area contributed by atoms with Crippen molar-refractivity contribution in [3.05, 3.63) is 102 Å². The number of aliphatic hydroxyl groups excluding tert-OH is 2. The normalized spacial score (nSPS) is 20.3. The third-order valence-corrected chi connectivity index (χ3v) is 11.9. The van der Waals surface area contributed by atoms with Gasteiger partial charge in [0.15, 0.2) is 0 Å². The first kappa shape index (κ1) is 26.3. The number of methoxy groups -OCH3 is 1. The van der Waals surface area contributed by atoms with Crippen LogP contribution in [-0.4, -0.2) is 50.6 Å². The minimum atomic E-state index is -2.76. The zero-order chi connectivity index (χ0) is 25.8. The Kier molecular flexibility index (Phi) is 8.12. The van der Waals surface area contributed by atoms with E-state index in [0.717, 1.165) is 11.3 Å². The summed E-state index contributed by atoms with van der Waals surface area (Å²) in [5.41, 5.74) is 1.61. The van der Waals surface area contributed by atoms with Gasteiger partial charge in [-0.05, 0) is 44.8 Å². The van der Waals surface area contributed by atoms with Crippen LogP contribution in [0.4, 0.5) is 0 Å². The van der Waals surface area contributed by atoms with Crippen LogP contribution in [0.25, 0.3) is 0 Å². The molecule has 3 atom stereocenters.